The zero-order chi connectivity index (χ0) is 24.3. The number of carbonyl (C=O) groups excluding carboxylic acids is 3. The number of Topliss-reactive ketones (excluding diaryl/α,β-unsaturated/α-hetero) is 1. The molecule has 3 unspecified atom stereocenters. The van der Waals surface area contributed by atoms with Crippen LogP contribution in [0.4, 0.5) is 4.39 Å². The molecule has 8 nitrogen and oxygen atoms in total. The van der Waals surface area contributed by atoms with Crippen molar-refractivity contribution in [1.82, 2.24) is 25.5 Å². The quantitative estimate of drug-likeness (QED) is 0.583. The summed E-state index contributed by atoms with van der Waals surface area (Å²) in [6.07, 6.45) is 4.64. The summed E-state index contributed by atoms with van der Waals surface area (Å²) in [6.45, 7) is 10.3. The van der Waals surface area contributed by atoms with E-state index < -0.39 is 18.1 Å². The maximum atomic E-state index is 14.4. The van der Waals surface area contributed by atoms with Crippen molar-refractivity contribution in [1.29, 1.82) is 0 Å². The van der Waals surface area contributed by atoms with E-state index in [1.165, 1.54) is 18.6 Å². The van der Waals surface area contributed by atoms with Gasteiger partial charge in [0.2, 0.25) is 5.91 Å². The van der Waals surface area contributed by atoms with E-state index in [0.717, 1.165) is 6.42 Å². The van der Waals surface area contributed by atoms with E-state index in [2.05, 4.69) is 25.5 Å². The van der Waals surface area contributed by atoms with Crippen LogP contribution in [-0.2, 0) is 9.59 Å². The normalized spacial score (nSPS) is 26.8. The fourth-order valence-corrected chi connectivity index (χ4v) is 5.21. The fourth-order valence-electron chi connectivity index (χ4n) is 5.21. The number of nitrogens with zero attached hydrogens (tertiary/aromatic N) is 3. The second kappa shape index (κ2) is 10.7. The number of hydrogen-bond donors (Lipinski definition) is 2. The minimum Gasteiger partial charge on any atom is -0.350 e. The zero-order valence-electron chi connectivity index (χ0n) is 20.1. The highest BCUT2D eigenvalue weighted by Crippen LogP contribution is 2.44. The monoisotopic (exact) mass is 461 g/mol. The molecule has 2 fully saturated rings. The Kier molecular flexibility index (Phi) is 8.15. The van der Waals surface area contributed by atoms with E-state index in [1.807, 2.05) is 27.7 Å². The van der Waals surface area contributed by atoms with Gasteiger partial charge in [0.25, 0.3) is 5.91 Å². The van der Waals surface area contributed by atoms with Crippen LogP contribution in [0.3, 0.4) is 0 Å². The molecule has 1 aliphatic carbocycles. The van der Waals surface area contributed by atoms with Gasteiger partial charge in [-0.1, -0.05) is 27.7 Å². The van der Waals surface area contributed by atoms with E-state index in [9.17, 15) is 18.8 Å². The van der Waals surface area contributed by atoms with Crippen molar-refractivity contribution >= 4 is 17.6 Å². The van der Waals surface area contributed by atoms with Gasteiger partial charge in [0.05, 0.1) is 12.2 Å². The van der Waals surface area contributed by atoms with Crippen molar-refractivity contribution in [3.63, 3.8) is 0 Å². The summed E-state index contributed by atoms with van der Waals surface area (Å²) in [5.41, 5.74) is 0.144. The Morgan fingerprint density at radius 2 is 1.82 bits per heavy atom. The number of likely N-dealkylation sites (tertiary alicyclic amines) is 1. The third-order valence-corrected chi connectivity index (χ3v) is 7.05. The lowest BCUT2D eigenvalue weighted by Crippen LogP contribution is -2.56. The lowest BCUT2D eigenvalue weighted by molar-refractivity contribution is -0.125. The summed E-state index contributed by atoms with van der Waals surface area (Å²) in [5, 5.41) is 5.85. The summed E-state index contributed by atoms with van der Waals surface area (Å²) in [4.78, 5) is 48.1. The molecule has 2 heterocycles. The summed E-state index contributed by atoms with van der Waals surface area (Å²) in [6, 6.07) is -1.30. The van der Waals surface area contributed by atoms with E-state index in [0.29, 0.717) is 19.5 Å². The third-order valence-electron chi connectivity index (χ3n) is 7.05. The number of halogens is 1. The van der Waals surface area contributed by atoms with Crippen LogP contribution in [0.25, 0.3) is 0 Å². The molecular formula is C24H36FN5O3. The Morgan fingerprint density at radius 1 is 1.09 bits per heavy atom. The highest BCUT2D eigenvalue weighted by Gasteiger charge is 2.51. The average Bonchev–Trinajstić information content (AvgIpc) is 3.30. The molecule has 0 radical (unpaired) electrons. The second-order valence-corrected chi connectivity index (χ2v) is 10.1. The Hall–Kier alpha value is -2.42. The lowest BCUT2D eigenvalue weighted by atomic mass is 9.91. The first kappa shape index (κ1) is 25.2. The minimum absolute atomic E-state index is 0.0516. The average molecular weight is 462 g/mol. The second-order valence-electron chi connectivity index (χ2n) is 10.1. The standard InChI is InChI=1S/C24H36FN5O3/c1-13(2)20(12-30-11-17-16(6-7-18(17)25)22(30)15(5)31)28-24(33)21(14(3)4)29-23(32)19-10-26-8-9-27-19/h8-10,13-14,16-18,20-22H,6-7,11-12H2,1-5H3,(H,28,33)(H,29,32)/t16-,17-,18-,20?,21?,22?/m0/s1. The van der Waals surface area contributed by atoms with Crippen LogP contribution in [0.15, 0.2) is 18.6 Å². The van der Waals surface area contributed by atoms with Gasteiger partial charge in [0.15, 0.2) is 0 Å². The van der Waals surface area contributed by atoms with Crippen molar-refractivity contribution in [3.8, 4) is 0 Å². The highest BCUT2D eigenvalue weighted by molar-refractivity contribution is 5.96. The maximum absolute atomic E-state index is 14.4. The van der Waals surface area contributed by atoms with Crippen LogP contribution in [0.1, 0.15) is 57.9 Å². The van der Waals surface area contributed by atoms with E-state index in [-0.39, 0.29) is 53.1 Å². The zero-order valence-corrected chi connectivity index (χ0v) is 20.1. The van der Waals surface area contributed by atoms with Crippen LogP contribution >= 0.6 is 0 Å². The molecule has 2 amide bonds. The maximum Gasteiger partial charge on any atom is 0.272 e. The van der Waals surface area contributed by atoms with Gasteiger partial charge < -0.3 is 10.6 Å². The highest BCUT2D eigenvalue weighted by atomic mass is 19.1. The number of fused-ring (bicyclic) bond motifs is 1. The summed E-state index contributed by atoms with van der Waals surface area (Å²) >= 11 is 0. The number of aromatic nitrogens is 2. The molecule has 1 saturated heterocycles. The molecule has 1 aliphatic heterocycles. The predicted molar refractivity (Wildman–Crippen MR) is 122 cm³/mol. The molecule has 1 aromatic heterocycles. The van der Waals surface area contributed by atoms with Gasteiger partial charge in [-0.25, -0.2) is 9.37 Å². The molecule has 3 rings (SSSR count). The molecule has 9 heteroatoms. The van der Waals surface area contributed by atoms with E-state index >= 15 is 0 Å². The summed E-state index contributed by atoms with van der Waals surface area (Å²) in [7, 11) is 0. The van der Waals surface area contributed by atoms with Gasteiger partial charge in [-0.05, 0) is 37.5 Å². The van der Waals surface area contributed by atoms with Gasteiger partial charge in [-0.2, -0.15) is 0 Å². The molecular weight excluding hydrogens is 425 g/mol. The van der Waals surface area contributed by atoms with E-state index in [1.54, 1.807) is 6.92 Å². The van der Waals surface area contributed by atoms with Gasteiger partial charge in [-0.15, -0.1) is 0 Å². The van der Waals surface area contributed by atoms with Crippen molar-refractivity contribution in [3.05, 3.63) is 24.3 Å². The minimum atomic E-state index is -0.865. The lowest BCUT2D eigenvalue weighted by Gasteiger charge is -2.33. The van der Waals surface area contributed by atoms with Crippen LogP contribution in [0.5, 0.6) is 0 Å². The van der Waals surface area contributed by atoms with Crippen molar-refractivity contribution in [2.45, 2.75) is 71.8 Å². The third kappa shape index (κ3) is 5.75. The number of ketones is 1. The van der Waals surface area contributed by atoms with Crippen LogP contribution in [0, 0.1) is 23.7 Å². The van der Waals surface area contributed by atoms with Gasteiger partial charge >= 0.3 is 0 Å². The Bertz CT molecular complexity index is 850. The Morgan fingerprint density at radius 3 is 2.39 bits per heavy atom. The number of alkyl halides is 1. The number of hydrogen-bond acceptors (Lipinski definition) is 6. The van der Waals surface area contributed by atoms with Crippen LogP contribution in [-0.4, -0.2) is 69.9 Å². The largest absolute Gasteiger partial charge is 0.350 e. The van der Waals surface area contributed by atoms with E-state index in [4.69, 9.17) is 0 Å². The molecule has 1 saturated carbocycles. The molecule has 0 bridgehead atoms. The smallest absolute Gasteiger partial charge is 0.272 e. The number of nitrogens with one attached hydrogen (secondary N) is 2. The first-order valence-corrected chi connectivity index (χ1v) is 11.9. The first-order valence-electron chi connectivity index (χ1n) is 11.9. The van der Waals surface area contributed by atoms with Crippen LogP contribution < -0.4 is 10.6 Å². The first-order chi connectivity index (χ1) is 15.6. The predicted octanol–water partition coefficient (Wildman–Crippen LogP) is 2.01. The number of rotatable bonds is 9. The fraction of sp³-hybridized carbons (Fsp3) is 0.708. The molecule has 0 aromatic carbocycles. The SMILES string of the molecule is CC(=O)C1[C@H]2CC[C@H](F)[C@H]2CN1CC(NC(=O)C(NC(=O)c1cnccn1)C(C)C)C(C)C. The van der Waals surface area contributed by atoms with Crippen LogP contribution in [0.2, 0.25) is 0 Å². The molecule has 2 aliphatic rings. The number of amides is 2. The van der Waals surface area contributed by atoms with Crippen molar-refractivity contribution in [2.75, 3.05) is 13.1 Å². The Balaban J connectivity index is 1.69. The molecule has 2 N–H and O–H groups in total. The molecule has 0 spiro atoms. The number of carbonyl (C=O) groups is 3. The van der Waals surface area contributed by atoms with Crippen molar-refractivity contribution in [2.24, 2.45) is 23.7 Å². The van der Waals surface area contributed by atoms with Gasteiger partial charge in [-0.3, -0.25) is 24.3 Å². The summed E-state index contributed by atoms with van der Waals surface area (Å²) < 4.78 is 14.4. The van der Waals surface area contributed by atoms with Crippen molar-refractivity contribution < 1.29 is 18.8 Å². The Labute approximate surface area is 195 Å². The van der Waals surface area contributed by atoms with Gasteiger partial charge in [0.1, 0.15) is 23.7 Å². The molecule has 6 atom stereocenters. The topological polar surface area (TPSA) is 104 Å². The molecule has 33 heavy (non-hydrogen) atoms. The molecule has 1 aromatic rings. The van der Waals surface area contributed by atoms with Gasteiger partial charge in [0, 0.05) is 37.4 Å². The molecule has 182 valence electrons. The summed E-state index contributed by atoms with van der Waals surface area (Å²) in [5.74, 6) is -0.817.